The lowest BCUT2D eigenvalue weighted by Crippen LogP contribution is -2.25. The predicted molar refractivity (Wildman–Crippen MR) is 74.0 cm³/mol. The maximum Gasteiger partial charge on any atom is 0.229 e. The van der Waals surface area contributed by atoms with Crippen molar-refractivity contribution < 1.29 is 18.0 Å². The third-order valence-corrected chi connectivity index (χ3v) is 4.35. The lowest BCUT2D eigenvalue weighted by atomic mass is 10.1. The van der Waals surface area contributed by atoms with E-state index in [1.165, 1.54) is 12.1 Å². The fraction of sp³-hybridized carbons (Fsp3) is 0.385. The number of rotatable bonds is 3. The monoisotopic (exact) mass is 296 g/mol. The summed E-state index contributed by atoms with van der Waals surface area (Å²) in [5.41, 5.74) is 1.22. The largest absolute Gasteiger partial charge is 0.355 e. The first-order valence-electron chi connectivity index (χ1n) is 6.15. The van der Waals surface area contributed by atoms with E-state index in [-0.39, 0.29) is 23.1 Å². The van der Waals surface area contributed by atoms with Gasteiger partial charge in [0.2, 0.25) is 11.8 Å². The zero-order valence-electron chi connectivity index (χ0n) is 11.3. The van der Waals surface area contributed by atoms with Gasteiger partial charge in [-0.2, -0.15) is 0 Å². The van der Waals surface area contributed by atoms with Crippen LogP contribution in [-0.4, -0.2) is 33.0 Å². The molecule has 0 bridgehead atoms. The summed E-state index contributed by atoms with van der Waals surface area (Å²) in [5, 5.41) is 5.28. The summed E-state index contributed by atoms with van der Waals surface area (Å²) in [7, 11) is -3.32. The molecule has 0 spiro atoms. The van der Waals surface area contributed by atoms with Crippen LogP contribution in [0.4, 0.5) is 5.69 Å². The van der Waals surface area contributed by atoms with Gasteiger partial charge in [-0.05, 0) is 24.6 Å². The van der Waals surface area contributed by atoms with E-state index in [4.69, 9.17) is 0 Å². The quantitative estimate of drug-likeness (QED) is 0.848. The first-order chi connectivity index (χ1) is 9.27. The van der Waals surface area contributed by atoms with Crippen molar-refractivity contribution in [1.82, 2.24) is 5.32 Å². The van der Waals surface area contributed by atoms with Crippen LogP contribution in [0.25, 0.3) is 0 Å². The molecule has 6 nitrogen and oxygen atoms in total. The Hall–Kier alpha value is -1.89. The Morgan fingerprint density at radius 3 is 2.65 bits per heavy atom. The lowest BCUT2D eigenvalue weighted by Gasteiger charge is -2.12. The van der Waals surface area contributed by atoms with Gasteiger partial charge in [0.1, 0.15) is 0 Å². The van der Waals surface area contributed by atoms with E-state index < -0.39 is 15.8 Å². The van der Waals surface area contributed by atoms with Crippen molar-refractivity contribution in [2.75, 3.05) is 18.1 Å². The molecule has 20 heavy (non-hydrogen) atoms. The normalized spacial score (nSPS) is 18.7. The van der Waals surface area contributed by atoms with Gasteiger partial charge in [-0.1, -0.05) is 6.07 Å². The van der Waals surface area contributed by atoms with Gasteiger partial charge in [0.15, 0.2) is 9.84 Å². The van der Waals surface area contributed by atoms with E-state index in [9.17, 15) is 18.0 Å². The SMILES string of the molecule is Cc1ccc(S(C)(=O)=O)cc1NC(=O)C1CNC(=O)C1. The molecule has 1 saturated heterocycles. The molecule has 7 heteroatoms. The minimum atomic E-state index is -3.32. The van der Waals surface area contributed by atoms with Crippen LogP contribution in [0.2, 0.25) is 0 Å². The summed E-state index contributed by atoms with van der Waals surface area (Å²) in [6, 6.07) is 4.58. The summed E-state index contributed by atoms with van der Waals surface area (Å²) in [4.78, 5) is 23.3. The second-order valence-electron chi connectivity index (χ2n) is 4.94. The number of carbonyl (C=O) groups is 2. The van der Waals surface area contributed by atoms with Crippen LogP contribution in [0.1, 0.15) is 12.0 Å². The van der Waals surface area contributed by atoms with Crippen LogP contribution in [0.5, 0.6) is 0 Å². The molecule has 2 rings (SSSR count). The average molecular weight is 296 g/mol. The molecule has 1 unspecified atom stereocenters. The fourth-order valence-corrected chi connectivity index (χ4v) is 2.64. The summed E-state index contributed by atoms with van der Waals surface area (Å²) in [6.07, 6.45) is 1.28. The fourth-order valence-electron chi connectivity index (χ4n) is 1.99. The standard InChI is InChI=1S/C13H16N2O4S/c1-8-3-4-10(20(2,18)19)6-11(8)15-13(17)9-5-12(16)14-7-9/h3-4,6,9H,5,7H2,1-2H3,(H,14,16)(H,15,17). The topological polar surface area (TPSA) is 92.3 Å². The molecule has 2 amide bonds. The van der Waals surface area contributed by atoms with Crippen LogP contribution in [0.15, 0.2) is 23.1 Å². The third-order valence-electron chi connectivity index (χ3n) is 3.24. The number of hydrogen-bond acceptors (Lipinski definition) is 4. The van der Waals surface area contributed by atoms with E-state index in [1.54, 1.807) is 13.0 Å². The van der Waals surface area contributed by atoms with Crippen molar-refractivity contribution in [3.05, 3.63) is 23.8 Å². The second kappa shape index (κ2) is 5.24. The average Bonchev–Trinajstić information content (AvgIpc) is 2.77. The summed E-state index contributed by atoms with van der Waals surface area (Å²) >= 11 is 0. The highest BCUT2D eigenvalue weighted by Crippen LogP contribution is 2.21. The molecule has 108 valence electrons. The van der Waals surface area contributed by atoms with Crippen molar-refractivity contribution >= 4 is 27.3 Å². The highest BCUT2D eigenvalue weighted by molar-refractivity contribution is 7.90. The highest BCUT2D eigenvalue weighted by Gasteiger charge is 2.28. The van der Waals surface area contributed by atoms with Crippen LogP contribution in [0.3, 0.4) is 0 Å². The molecule has 1 aliphatic rings. The van der Waals surface area contributed by atoms with E-state index >= 15 is 0 Å². The van der Waals surface area contributed by atoms with Crippen molar-refractivity contribution in [3.8, 4) is 0 Å². The summed E-state index contributed by atoms with van der Waals surface area (Å²) < 4.78 is 23.0. The molecular formula is C13H16N2O4S. The minimum Gasteiger partial charge on any atom is -0.355 e. The Labute approximate surface area is 117 Å². The van der Waals surface area contributed by atoms with Crippen LogP contribution >= 0.6 is 0 Å². The van der Waals surface area contributed by atoms with E-state index in [0.717, 1.165) is 11.8 Å². The molecular weight excluding hydrogens is 280 g/mol. The van der Waals surface area contributed by atoms with E-state index in [1.807, 2.05) is 0 Å². The Balaban J connectivity index is 2.20. The number of amides is 2. The van der Waals surface area contributed by atoms with Gasteiger partial charge in [0.05, 0.1) is 10.8 Å². The maximum atomic E-state index is 12.0. The zero-order chi connectivity index (χ0) is 14.9. The van der Waals surface area contributed by atoms with Crippen molar-refractivity contribution in [2.45, 2.75) is 18.2 Å². The Kier molecular flexibility index (Phi) is 3.80. The van der Waals surface area contributed by atoms with Gasteiger partial charge in [-0.3, -0.25) is 9.59 Å². The molecule has 2 N–H and O–H groups in total. The first-order valence-corrected chi connectivity index (χ1v) is 8.05. The van der Waals surface area contributed by atoms with Crippen LogP contribution < -0.4 is 10.6 Å². The predicted octanol–water partition coefficient (Wildman–Crippen LogP) is 0.473. The number of aryl methyl sites for hydroxylation is 1. The molecule has 0 aromatic heterocycles. The molecule has 0 aliphatic carbocycles. The molecule has 1 aromatic rings. The second-order valence-corrected chi connectivity index (χ2v) is 6.96. The Morgan fingerprint density at radius 1 is 1.40 bits per heavy atom. The Morgan fingerprint density at radius 2 is 2.10 bits per heavy atom. The zero-order valence-corrected chi connectivity index (χ0v) is 12.1. The molecule has 0 radical (unpaired) electrons. The number of hydrogen-bond donors (Lipinski definition) is 2. The number of benzene rings is 1. The van der Waals surface area contributed by atoms with Crippen molar-refractivity contribution in [3.63, 3.8) is 0 Å². The van der Waals surface area contributed by atoms with E-state index in [0.29, 0.717) is 12.2 Å². The van der Waals surface area contributed by atoms with Gasteiger partial charge >= 0.3 is 0 Å². The molecule has 1 aromatic carbocycles. The first kappa shape index (κ1) is 14.5. The van der Waals surface area contributed by atoms with Gasteiger partial charge in [0, 0.05) is 24.9 Å². The van der Waals surface area contributed by atoms with Gasteiger partial charge in [-0.25, -0.2) is 8.42 Å². The van der Waals surface area contributed by atoms with Crippen LogP contribution in [0, 0.1) is 12.8 Å². The molecule has 1 aliphatic heterocycles. The molecule has 0 saturated carbocycles. The molecule has 1 atom stereocenters. The molecule has 1 fully saturated rings. The smallest absolute Gasteiger partial charge is 0.229 e. The highest BCUT2D eigenvalue weighted by atomic mass is 32.2. The maximum absolute atomic E-state index is 12.0. The number of nitrogens with one attached hydrogen (secondary N) is 2. The van der Waals surface area contributed by atoms with Crippen molar-refractivity contribution in [1.29, 1.82) is 0 Å². The van der Waals surface area contributed by atoms with Gasteiger partial charge < -0.3 is 10.6 Å². The summed E-state index contributed by atoms with van der Waals surface area (Å²) in [6.45, 7) is 2.09. The van der Waals surface area contributed by atoms with E-state index in [2.05, 4.69) is 10.6 Å². The number of carbonyl (C=O) groups excluding carboxylic acids is 2. The van der Waals surface area contributed by atoms with Crippen LogP contribution in [-0.2, 0) is 19.4 Å². The van der Waals surface area contributed by atoms with Crippen molar-refractivity contribution in [2.24, 2.45) is 5.92 Å². The number of anilines is 1. The lowest BCUT2D eigenvalue weighted by molar-refractivity contribution is -0.123. The number of sulfone groups is 1. The van der Waals surface area contributed by atoms with Gasteiger partial charge in [-0.15, -0.1) is 0 Å². The Bertz CT molecular complexity index is 667. The van der Waals surface area contributed by atoms with Gasteiger partial charge in [0.25, 0.3) is 0 Å². The molecule has 1 heterocycles. The third kappa shape index (κ3) is 3.16. The summed E-state index contributed by atoms with van der Waals surface area (Å²) in [5.74, 6) is -0.840. The minimum absolute atomic E-state index is 0.147.